The van der Waals surface area contributed by atoms with Gasteiger partial charge in [-0.05, 0) is 12.8 Å². The summed E-state index contributed by atoms with van der Waals surface area (Å²) < 4.78 is 0. The van der Waals surface area contributed by atoms with Gasteiger partial charge in [0.25, 0.3) is 0 Å². The first-order valence-corrected chi connectivity index (χ1v) is 16.0. The van der Waals surface area contributed by atoms with Crippen molar-refractivity contribution >= 4 is 17.7 Å². The molecule has 5 nitrogen and oxygen atoms in total. The molecule has 1 amide bonds. The van der Waals surface area contributed by atoms with Crippen LogP contribution in [0.3, 0.4) is 0 Å². The second kappa shape index (κ2) is 27.6. The normalized spacial score (nSPS) is 11.1. The molecule has 0 fully saturated rings. The van der Waals surface area contributed by atoms with Crippen LogP contribution in [0.1, 0.15) is 174 Å². The van der Waals surface area contributed by atoms with Crippen molar-refractivity contribution in [3.05, 3.63) is 0 Å². The lowest BCUT2D eigenvalue weighted by molar-refractivity contribution is -0.140. The van der Waals surface area contributed by atoms with Crippen LogP contribution in [0.2, 0.25) is 0 Å². The second-order valence-electron chi connectivity index (χ2n) is 11.1. The maximum Gasteiger partial charge on any atom is 0.305 e. The SMILES string of the molecule is CCCCCCCCCCCCCC(=O)CN(CCC(=O)O)C(=O)CCCCCCCCCCCCC. The van der Waals surface area contributed by atoms with Crippen molar-refractivity contribution in [2.45, 2.75) is 174 Å². The Kier molecular flexibility index (Phi) is 26.6. The number of rotatable bonds is 29. The molecule has 0 aliphatic rings. The first kappa shape index (κ1) is 35.6. The van der Waals surface area contributed by atoms with Gasteiger partial charge in [-0.25, -0.2) is 0 Å². The van der Waals surface area contributed by atoms with Gasteiger partial charge >= 0.3 is 5.97 Å². The van der Waals surface area contributed by atoms with Crippen LogP contribution < -0.4 is 0 Å². The minimum Gasteiger partial charge on any atom is -0.481 e. The maximum atomic E-state index is 12.7. The van der Waals surface area contributed by atoms with Crippen LogP contribution in [-0.4, -0.2) is 40.8 Å². The molecule has 0 aromatic heterocycles. The zero-order valence-electron chi connectivity index (χ0n) is 24.7. The van der Waals surface area contributed by atoms with Crippen LogP contribution in [0, 0.1) is 0 Å². The molecule has 0 atom stereocenters. The fourth-order valence-corrected chi connectivity index (χ4v) is 4.90. The van der Waals surface area contributed by atoms with Crippen molar-refractivity contribution in [3.63, 3.8) is 0 Å². The number of nitrogens with zero attached hydrogens (tertiary/aromatic N) is 1. The molecule has 37 heavy (non-hydrogen) atoms. The Morgan fingerprint density at radius 1 is 0.486 bits per heavy atom. The lowest BCUT2D eigenvalue weighted by Crippen LogP contribution is -2.37. The summed E-state index contributed by atoms with van der Waals surface area (Å²) >= 11 is 0. The molecule has 5 heteroatoms. The Labute approximate surface area is 229 Å². The number of hydrogen-bond donors (Lipinski definition) is 1. The van der Waals surface area contributed by atoms with Gasteiger partial charge in [0.05, 0.1) is 13.0 Å². The van der Waals surface area contributed by atoms with E-state index in [1.54, 1.807) is 0 Å². The van der Waals surface area contributed by atoms with Gasteiger partial charge in [0.15, 0.2) is 5.78 Å². The molecule has 0 spiro atoms. The summed E-state index contributed by atoms with van der Waals surface area (Å²) in [6.45, 7) is 4.70. The molecule has 0 rings (SSSR count). The van der Waals surface area contributed by atoms with Gasteiger partial charge in [-0.15, -0.1) is 0 Å². The molecule has 0 aromatic carbocycles. The Morgan fingerprint density at radius 3 is 1.22 bits per heavy atom. The molecular formula is C32H61NO4. The minimum absolute atomic E-state index is 0.0635. The average molecular weight is 524 g/mol. The van der Waals surface area contributed by atoms with Crippen LogP contribution in [0.25, 0.3) is 0 Å². The first-order chi connectivity index (χ1) is 18.0. The fourth-order valence-electron chi connectivity index (χ4n) is 4.90. The van der Waals surface area contributed by atoms with Crippen LogP contribution in [0.15, 0.2) is 0 Å². The molecule has 0 bridgehead atoms. The number of Topliss-reactive ketones (excluding diaryl/α,β-unsaturated/α-hetero) is 1. The van der Waals surface area contributed by atoms with Crippen LogP contribution in [0.5, 0.6) is 0 Å². The lowest BCUT2D eigenvalue weighted by atomic mass is 10.0. The van der Waals surface area contributed by atoms with E-state index in [2.05, 4.69) is 13.8 Å². The van der Waals surface area contributed by atoms with Gasteiger partial charge in [0, 0.05) is 19.4 Å². The average Bonchev–Trinajstić information content (AvgIpc) is 2.88. The molecule has 1 N–H and O–H groups in total. The van der Waals surface area contributed by atoms with Gasteiger partial charge in [-0.3, -0.25) is 14.4 Å². The third-order valence-electron chi connectivity index (χ3n) is 7.37. The van der Waals surface area contributed by atoms with E-state index in [4.69, 9.17) is 5.11 Å². The van der Waals surface area contributed by atoms with Crippen molar-refractivity contribution < 1.29 is 19.5 Å². The predicted octanol–water partition coefficient (Wildman–Crippen LogP) is 9.26. The lowest BCUT2D eigenvalue weighted by Gasteiger charge is -2.21. The van der Waals surface area contributed by atoms with Gasteiger partial charge in [0.2, 0.25) is 5.91 Å². The summed E-state index contributed by atoms with van der Waals surface area (Å²) in [6.07, 6.45) is 28.0. The van der Waals surface area contributed by atoms with E-state index in [0.29, 0.717) is 12.8 Å². The molecule has 0 radical (unpaired) electrons. The van der Waals surface area contributed by atoms with Gasteiger partial charge < -0.3 is 10.0 Å². The molecule has 0 saturated heterocycles. The number of carbonyl (C=O) groups is 3. The fraction of sp³-hybridized carbons (Fsp3) is 0.906. The van der Waals surface area contributed by atoms with E-state index >= 15 is 0 Å². The number of carbonyl (C=O) groups excluding carboxylic acids is 2. The van der Waals surface area contributed by atoms with Crippen molar-refractivity contribution in [2.24, 2.45) is 0 Å². The summed E-state index contributed by atoms with van der Waals surface area (Å²) in [6, 6.07) is 0. The summed E-state index contributed by atoms with van der Waals surface area (Å²) in [4.78, 5) is 37.7. The molecular weight excluding hydrogens is 462 g/mol. The molecule has 0 aliphatic heterocycles. The highest BCUT2D eigenvalue weighted by Crippen LogP contribution is 2.14. The van der Waals surface area contributed by atoms with E-state index < -0.39 is 5.97 Å². The zero-order valence-corrected chi connectivity index (χ0v) is 24.7. The van der Waals surface area contributed by atoms with E-state index in [1.807, 2.05) is 0 Å². The monoisotopic (exact) mass is 523 g/mol. The molecule has 0 aromatic rings. The number of ketones is 1. The Morgan fingerprint density at radius 2 is 0.838 bits per heavy atom. The molecule has 0 heterocycles. The van der Waals surface area contributed by atoms with Gasteiger partial charge in [-0.2, -0.15) is 0 Å². The van der Waals surface area contributed by atoms with E-state index in [1.165, 1.54) is 114 Å². The quantitative estimate of drug-likeness (QED) is 0.0991. The van der Waals surface area contributed by atoms with Crippen LogP contribution in [0.4, 0.5) is 0 Å². The van der Waals surface area contributed by atoms with E-state index in [9.17, 15) is 14.4 Å². The van der Waals surface area contributed by atoms with E-state index in [0.717, 1.165) is 32.1 Å². The number of carboxylic acid groups (broad SMARTS) is 1. The smallest absolute Gasteiger partial charge is 0.305 e. The minimum atomic E-state index is -0.926. The first-order valence-electron chi connectivity index (χ1n) is 16.0. The maximum absolute atomic E-state index is 12.7. The van der Waals surface area contributed by atoms with Crippen molar-refractivity contribution in [2.75, 3.05) is 13.1 Å². The van der Waals surface area contributed by atoms with Gasteiger partial charge in [-0.1, -0.05) is 142 Å². The Hall–Kier alpha value is -1.39. The van der Waals surface area contributed by atoms with Crippen LogP contribution in [-0.2, 0) is 14.4 Å². The molecule has 0 unspecified atom stereocenters. The summed E-state index contributed by atoms with van der Waals surface area (Å²) in [5.41, 5.74) is 0. The number of aliphatic carboxylic acids is 1. The summed E-state index contributed by atoms with van der Waals surface area (Å²) in [5.74, 6) is -0.927. The largest absolute Gasteiger partial charge is 0.481 e. The van der Waals surface area contributed by atoms with Crippen LogP contribution >= 0.6 is 0 Å². The second-order valence-corrected chi connectivity index (χ2v) is 11.1. The van der Waals surface area contributed by atoms with E-state index in [-0.39, 0.29) is 31.2 Å². The van der Waals surface area contributed by atoms with Gasteiger partial charge in [0.1, 0.15) is 0 Å². The highest BCUT2D eigenvalue weighted by Gasteiger charge is 2.17. The molecule has 0 saturated carbocycles. The Balaban J connectivity index is 3.95. The number of hydrogen-bond acceptors (Lipinski definition) is 3. The number of amides is 1. The zero-order chi connectivity index (χ0) is 27.4. The van der Waals surface area contributed by atoms with Crippen molar-refractivity contribution in [1.29, 1.82) is 0 Å². The highest BCUT2D eigenvalue weighted by molar-refractivity contribution is 5.86. The topological polar surface area (TPSA) is 74.7 Å². The van der Waals surface area contributed by atoms with Crippen molar-refractivity contribution in [3.8, 4) is 0 Å². The third-order valence-corrected chi connectivity index (χ3v) is 7.37. The Bertz CT molecular complexity index is 549. The highest BCUT2D eigenvalue weighted by atomic mass is 16.4. The predicted molar refractivity (Wildman–Crippen MR) is 156 cm³/mol. The molecule has 218 valence electrons. The summed E-state index contributed by atoms with van der Waals surface area (Å²) in [5, 5.41) is 9.05. The molecule has 0 aliphatic carbocycles. The van der Waals surface area contributed by atoms with Crippen molar-refractivity contribution in [1.82, 2.24) is 4.90 Å². The standard InChI is InChI=1S/C32H61NO4/c1-3-5-7-9-11-13-15-17-19-21-23-25-30(34)29-33(28-27-32(36)37)31(35)26-24-22-20-18-16-14-12-10-8-6-4-2/h3-29H2,1-2H3,(H,36,37). The number of carboxylic acids is 1. The summed E-state index contributed by atoms with van der Waals surface area (Å²) in [7, 11) is 0. The third kappa shape index (κ3) is 26.0. The number of unbranched alkanes of at least 4 members (excludes halogenated alkanes) is 20.